The molecule has 28 heavy (non-hydrogen) atoms. The fourth-order valence-electron chi connectivity index (χ4n) is 3.46. The number of hydrogen-bond donors (Lipinski definition) is 1. The van der Waals surface area contributed by atoms with Crippen molar-refractivity contribution in [2.75, 3.05) is 23.3 Å². The first kappa shape index (κ1) is 18.0. The Morgan fingerprint density at radius 3 is 2.71 bits per heavy atom. The molecule has 2 heterocycles. The van der Waals surface area contributed by atoms with E-state index < -0.39 is 4.92 Å². The van der Waals surface area contributed by atoms with E-state index in [1.807, 2.05) is 29.2 Å². The van der Waals surface area contributed by atoms with Crippen LogP contribution in [0.1, 0.15) is 18.4 Å². The molecule has 1 saturated heterocycles. The van der Waals surface area contributed by atoms with Crippen LogP contribution in [0.5, 0.6) is 0 Å². The number of nitro groups is 1. The van der Waals surface area contributed by atoms with Crippen LogP contribution < -0.4 is 10.2 Å². The monoisotopic (exact) mass is 380 g/mol. The van der Waals surface area contributed by atoms with E-state index in [0.717, 1.165) is 11.1 Å². The van der Waals surface area contributed by atoms with E-state index in [4.69, 9.17) is 4.42 Å². The smallest absolute Gasteiger partial charge is 0.298 e. The number of nitrogens with zero attached hydrogens (tertiary/aromatic N) is 3. The van der Waals surface area contributed by atoms with E-state index >= 15 is 0 Å². The molecule has 1 N–H and O–H groups in total. The number of nitrogens with one attached hydrogen (secondary N) is 1. The summed E-state index contributed by atoms with van der Waals surface area (Å²) < 4.78 is 5.80. The molecule has 0 bridgehead atoms. The zero-order chi connectivity index (χ0) is 19.7. The summed E-state index contributed by atoms with van der Waals surface area (Å²) in [7, 11) is 0. The van der Waals surface area contributed by atoms with Crippen LogP contribution in [0.2, 0.25) is 0 Å². The minimum absolute atomic E-state index is 0.00331. The Morgan fingerprint density at radius 2 is 2.00 bits per heavy atom. The molecule has 8 nitrogen and oxygen atoms in total. The number of nitro benzene ring substituents is 1. The first-order valence-electron chi connectivity index (χ1n) is 9.17. The van der Waals surface area contributed by atoms with Crippen molar-refractivity contribution in [2.24, 2.45) is 5.92 Å². The molecule has 4 rings (SSSR count). The van der Waals surface area contributed by atoms with E-state index in [1.165, 1.54) is 6.07 Å². The number of carbonyl (C=O) groups is 1. The molecule has 1 aromatic heterocycles. The number of para-hydroxylation sites is 2. The van der Waals surface area contributed by atoms with Crippen LogP contribution in [0.4, 0.5) is 17.4 Å². The van der Waals surface area contributed by atoms with Crippen molar-refractivity contribution >= 4 is 34.4 Å². The summed E-state index contributed by atoms with van der Waals surface area (Å²) in [6.45, 7) is 3.00. The Labute approximate surface area is 161 Å². The van der Waals surface area contributed by atoms with Crippen LogP contribution in [0.3, 0.4) is 0 Å². The lowest BCUT2D eigenvalue weighted by atomic mass is 9.96. The van der Waals surface area contributed by atoms with Crippen molar-refractivity contribution in [2.45, 2.75) is 19.8 Å². The maximum absolute atomic E-state index is 12.6. The highest BCUT2D eigenvalue weighted by molar-refractivity contribution is 5.93. The van der Waals surface area contributed by atoms with Crippen molar-refractivity contribution in [1.29, 1.82) is 0 Å². The third kappa shape index (κ3) is 3.53. The molecule has 0 spiro atoms. The minimum Gasteiger partial charge on any atom is -0.423 e. The van der Waals surface area contributed by atoms with Crippen LogP contribution in [-0.2, 0) is 4.79 Å². The molecular weight excluding hydrogens is 360 g/mol. The van der Waals surface area contributed by atoms with Gasteiger partial charge in [0, 0.05) is 36.3 Å². The third-order valence-electron chi connectivity index (χ3n) is 5.09. The normalized spacial score (nSPS) is 15.0. The molecule has 1 fully saturated rings. The van der Waals surface area contributed by atoms with E-state index in [0.29, 0.717) is 43.2 Å². The summed E-state index contributed by atoms with van der Waals surface area (Å²) in [5, 5.41) is 13.9. The maximum Gasteiger partial charge on any atom is 0.298 e. The number of hydrogen-bond acceptors (Lipinski definition) is 6. The largest absolute Gasteiger partial charge is 0.423 e. The Hall–Kier alpha value is -3.42. The van der Waals surface area contributed by atoms with Crippen LogP contribution in [0.25, 0.3) is 11.1 Å². The highest BCUT2D eigenvalue weighted by atomic mass is 16.6. The second kappa shape index (κ2) is 7.30. The molecule has 1 amide bonds. The quantitative estimate of drug-likeness (QED) is 0.544. The first-order valence-corrected chi connectivity index (χ1v) is 9.17. The summed E-state index contributed by atoms with van der Waals surface area (Å²) in [5.41, 5.74) is 2.58. The van der Waals surface area contributed by atoms with Crippen LogP contribution in [0.15, 0.2) is 46.9 Å². The van der Waals surface area contributed by atoms with Crippen molar-refractivity contribution in [3.63, 3.8) is 0 Å². The van der Waals surface area contributed by atoms with Gasteiger partial charge in [0.15, 0.2) is 5.58 Å². The van der Waals surface area contributed by atoms with Crippen molar-refractivity contribution in [3.8, 4) is 0 Å². The number of amides is 1. The van der Waals surface area contributed by atoms with Crippen LogP contribution in [0, 0.1) is 23.0 Å². The molecule has 1 aliphatic rings. The summed E-state index contributed by atoms with van der Waals surface area (Å²) in [6, 6.07) is 12.9. The number of rotatable bonds is 4. The van der Waals surface area contributed by atoms with Crippen molar-refractivity contribution in [3.05, 3.63) is 58.1 Å². The fourth-order valence-corrected chi connectivity index (χ4v) is 3.46. The SMILES string of the molecule is Cc1ccc(NC(=O)C2CCN(c3nc4ccccc4o3)CC2)cc1[N+](=O)[O-]. The number of benzene rings is 2. The third-order valence-corrected chi connectivity index (χ3v) is 5.09. The van der Waals surface area contributed by atoms with Gasteiger partial charge in [-0.15, -0.1) is 0 Å². The van der Waals surface area contributed by atoms with Crippen molar-refractivity contribution in [1.82, 2.24) is 4.98 Å². The predicted molar refractivity (Wildman–Crippen MR) is 105 cm³/mol. The van der Waals surface area contributed by atoms with E-state index in [1.54, 1.807) is 19.1 Å². The van der Waals surface area contributed by atoms with Gasteiger partial charge in [-0.1, -0.05) is 18.2 Å². The van der Waals surface area contributed by atoms with Gasteiger partial charge in [0.2, 0.25) is 5.91 Å². The number of aromatic nitrogens is 1. The number of aryl methyl sites for hydroxylation is 1. The molecule has 144 valence electrons. The minimum atomic E-state index is -0.441. The summed E-state index contributed by atoms with van der Waals surface area (Å²) in [5.74, 6) is -0.267. The second-order valence-corrected chi connectivity index (χ2v) is 6.97. The molecule has 2 aromatic carbocycles. The number of anilines is 2. The van der Waals surface area contributed by atoms with Crippen LogP contribution >= 0.6 is 0 Å². The Kier molecular flexibility index (Phi) is 4.68. The van der Waals surface area contributed by atoms with E-state index in [9.17, 15) is 14.9 Å². The fraction of sp³-hybridized carbons (Fsp3) is 0.300. The van der Waals surface area contributed by atoms with Gasteiger partial charge in [0.25, 0.3) is 11.7 Å². The van der Waals surface area contributed by atoms with Gasteiger partial charge in [-0.2, -0.15) is 4.98 Å². The van der Waals surface area contributed by atoms with Gasteiger partial charge in [0.1, 0.15) is 5.52 Å². The molecular formula is C20H20N4O4. The summed E-state index contributed by atoms with van der Waals surface area (Å²) in [6.07, 6.45) is 1.33. The number of fused-ring (bicyclic) bond motifs is 1. The molecule has 0 aliphatic carbocycles. The average Bonchev–Trinajstić information content (AvgIpc) is 3.13. The lowest BCUT2D eigenvalue weighted by Gasteiger charge is -2.30. The molecule has 3 aromatic rings. The Balaban J connectivity index is 1.39. The zero-order valence-electron chi connectivity index (χ0n) is 15.4. The zero-order valence-corrected chi connectivity index (χ0v) is 15.4. The molecule has 1 aliphatic heterocycles. The van der Waals surface area contributed by atoms with E-state index in [-0.39, 0.29) is 17.5 Å². The number of oxazole rings is 1. The maximum atomic E-state index is 12.6. The molecule has 8 heteroatoms. The standard InChI is InChI=1S/C20H20N4O4/c1-13-6-7-15(12-17(13)24(26)27)21-19(25)14-8-10-23(11-9-14)20-22-16-4-2-3-5-18(16)28-20/h2-7,12,14H,8-11H2,1H3,(H,21,25). The predicted octanol–water partition coefficient (Wildman–Crippen LogP) is 3.90. The van der Waals surface area contributed by atoms with Gasteiger partial charge >= 0.3 is 0 Å². The molecule has 0 radical (unpaired) electrons. The number of piperidine rings is 1. The lowest BCUT2D eigenvalue weighted by Crippen LogP contribution is -2.38. The highest BCUT2D eigenvalue weighted by Crippen LogP contribution is 2.28. The lowest BCUT2D eigenvalue weighted by molar-refractivity contribution is -0.385. The van der Waals surface area contributed by atoms with Gasteiger partial charge in [-0.05, 0) is 38.0 Å². The number of carbonyl (C=O) groups excluding carboxylic acids is 1. The van der Waals surface area contributed by atoms with Gasteiger partial charge in [0.05, 0.1) is 4.92 Å². The molecule has 0 saturated carbocycles. The Bertz CT molecular complexity index is 1000. The average molecular weight is 380 g/mol. The highest BCUT2D eigenvalue weighted by Gasteiger charge is 2.27. The van der Waals surface area contributed by atoms with E-state index in [2.05, 4.69) is 10.3 Å². The summed E-state index contributed by atoms with van der Waals surface area (Å²) >= 11 is 0. The topological polar surface area (TPSA) is 102 Å². The first-order chi connectivity index (χ1) is 13.5. The van der Waals surface area contributed by atoms with Gasteiger partial charge in [-0.25, -0.2) is 0 Å². The molecule has 0 unspecified atom stereocenters. The van der Waals surface area contributed by atoms with Crippen LogP contribution in [-0.4, -0.2) is 28.9 Å². The van der Waals surface area contributed by atoms with Gasteiger partial charge in [-0.3, -0.25) is 14.9 Å². The summed E-state index contributed by atoms with van der Waals surface area (Å²) in [4.78, 5) is 29.8. The van der Waals surface area contributed by atoms with Gasteiger partial charge < -0.3 is 14.6 Å². The Morgan fingerprint density at radius 1 is 1.25 bits per heavy atom. The van der Waals surface area contributed by atoms with Crippen molar-refractivity contribution < 1.29 is 14.1 Å². The molecule has 0 atom stereocenters. The second-order valence-electron chi connectivity index (χ2n) is 6.97.